The second kappa shape index (κ2) is 4.32. The molecule has 0 fully saturated rings. The molecule has 2 N–H and O–H groups in total. The largest absolute Gasteiger partial charge is 0.416 e. The van der Waals surface area contributed by atoms with Gasteiger partial charge in [-0.25, -0.2) is 13.2 Å². The lowest BCUT2D eigenvalue weighted by Crippen LogP contribution is -2.20. The van der Waals surface area contributed by atoms with Crippen molar-refractivity contribution in [1.82, 2.24) is 0 Å². The van der Waals surface area contributed by atoms with E-state index in [2.05, 4.69) is 0 Å². The molecule has 0 radical (unpaired) electrons. The first-order valence-electron chi connectivity index (χ1n) is 4.14. The summed E-state index contributed by atoms with van der Waals surface area (Å²) in [6.07, 6.45) is -7.75. The Hall–Kier alpha value is -1.24. The van der Waals surface area contributed by atoms with Crippen molar-refractivity contribution in [2.45, 2.75) is 18.6 Å². The summed E-state index contributed by atoms with van der Waals surface area (Å²) in [5.41, 5.74) is 3.05. The van der Waals surface area contributed by atoms with Crippen LogP contribution in [0.25, 0.3) is 0 Å². The van der Waals surface area contributed by atoms with E-state index in [9.17, 15) is 26.3 Å². The summed E-state index contributed by atoms with van der Waals surface area (Å²) in [6, 6.07) is -0.644. The van der Waals surface area contributed by atoms with Crippen LogP contribution >= 0.6 is 0 Å². The first-order chi connectivity index (χ1) is 7.23. The SMILES string of the molecule is NC(c1ccc(C(F)(F)F)cc1F)C(F)F. The standard InChI is InChI=1S/C9H7F6N/c10-6-3-4(9(13,14)15)1-2-5(6)7(16)8(11)12/h1-3,7-8H,16H2. The van der Waals surface area contributed by atoms with Gasteiger partial charge in [-0.1, -0.05) is 6.07 Å². The number of hydrogen-bond acceptors (Lipinski definition) is 1. The molecule has 0 aliphatic heterocycles. The molecule has 0 amide bonds. The molecule has 1 aromatic rings. The van der Waals surface area contributed by atoms with Gasteiger partial charge in [0, 0.05) is 5.56 Å². The van der Waals surface area contributed by atoms with Crippen molar-refractivity contribution in [2.24, 2.45) is 5.73 Å². The van der Waals surface area contributed by atoms with Crippen LogP contribution in [0.1, 0.15) is 17.2 Å². The third-order valence-electron chi connectivity index (χ3n) is 1.96. The van der Waals surface area contributed by atoms with Gasteiger partial charge in [-0.3, -0.25) is 0 Å². The molecule has 0 heterocycles. The van der Waals surface area contributed by atoms with Gasteiger partial charge in [0.05, 0.1) is 11.6 Å². The van der Waals surface area contributed by atoms with Crippen LogP contribution in [0.5, 0.6) is 0 Å². The lowest BCUT2D eigenvalue weighted by molar-refractivity contribution is -0.137. The summed E-state index contributed by atoms with van der Waals surface area (Å²) in [7, 11) is 0. The molecule has 0 aliphatic rings. The van der Waals surface area contributed by atoms with Crippen LogP contribution < -0.4 is 5.73 Å². The van der Waals surface area contributed by atoms with E-state index in [1.54, 1.807) is 0 Å². The zero-order valence-electron chi connectivity index (χ0n) is 7.73. The van der Waals surface area contributed by atoms with E-state index >= 15 is 0 Å². The van der Waals surface area contributed by atoms with Crippen molar-refractivity contribution >= 4 is 0 Å². The van der Waals surface area contributed by atoms with Gasteiger partial charge in [0.1, 0.15) is 5.82 Å². The van der Waals surface area contributed by atoms with Crippen LogP contribution in [0, 0.1) is 5.82 Å². The van der Waals surface area contributed by atoms with Crippen molar-refractivity contribution in [1.29, 1.82) is 0 Å². The molecule has 1 atom stereocenters. The van der Waals surface area contributed by atoms with Gasteiger partial charge in [-0.2, -0.15) is 13.2 Å². The second-order valence-electron chi connectivity index (χ2n) is 3.09. The first kappa shape index (κ1) is 12.8. The summed E-state index contributed by atoms with van der Waals surface area (Å²) in [5.74, 6) is -1.39. The summed E-state index contributed by atoms with van der Waals surface area (Å²) in [6.45, 7) is 0. The highest BCUT2D eigenvalue weighted by atomic mass is 19.4. The van der Waals surface area contributed by atoms with Gasteiger partial charge in [-0.15, -0.1) is 0 Å². The minimum absolute atomic E-state index is 0.150. The number of nitrogens with two attached hydrogens (primary N) is 1. The van der Waals surface area contributed by atoms with E-state index in [4.69, 9.17) is 5.73 Å². The molecule has 1 nitrogen and oxygen atoms in total. The molecule has 0 spiro atoms. The smallest absolute Gasteiger partial charge is 0.319 e. The van der Waals surface area contributed by atoms with Gasteiger partial charge >= 0.3 is 6.18 Å². The molecule has 0 saturated heterocycles. The third kappa shape index (κ3) is 2.66. The number of alkyl halides is 5. The fraction of sp³-hybridized carbons (Fsp3) is 0.333. The van der Waals surface area contributed by atoms with Gasteiger partial charge in [0.15, 0.2) is 0 Å². The van der Waals surface area contributed by atoms with Crippen molar-refractivity contribution in [3.63, 3.8) is 0 Å². The Morgan fingerprint density at radius 2 is 1.69 bits per heavy atom. The molecule has 1 unspecified atom stereocenters. The van der Waals surface area contributed by atoms with E-state index in [1.165, 1.54) is 0 Å². The number of benzene rings is 1. The maximum atomic E-state index is 13.1. The van der Waals surface area contributed by atoms with E-state index in [-0.39, 0.29) is 6.07 Å². The highest BCUT2D eigenvalue weighted by Crippen LogP contribution is 2.31. The zero-order chi connectivity index (χ0) is 12.5. The Bertz CT molecular complexity index is 373. The third-order valence-corrected chi connectivity index (χ3v) is 1.96. The highest BCUT2D eigenvalue weighted by molar-refractivity contribution is 5.28. The zero-order valence-corrected chi connectivity index (χ0v) is 7.73. The molecule has 0 bridgehead atoms. The maximum absolute atomic E-state index is 13.1. The van der Waals surface area contributed by atoms with Crippen molar-refractivity contribution in [2.75, 3.05) is 0 Å². The van der Waals surface area contributed by atoms with E-state index in [1.807, 2.05) is 0 Å². The summed E-state index contributed by atoms with van der Waals surface area (Å²) < 4.78 is 73.6. The average Bonchev–Trinajstić information content (AvgIpc) is 2.15. The van der Waals surface area contributed by atoms with Gasteiger partial charge in [-0.05, 0) is 12.1 Å². The molecular formula is C9H7F6N. The maximum Gasteiger partial charge on any atom is 0.416 e. The second-order valence-corrected chi connectivity index (χ2v) is 3.09. The predicted molar refractivity (Wildman–Crippen MR) is 44.3 cm³/mol. The topological polar surface area (TPSA) is 26.0 Å². The Kier molecular flexibility index (Phi) is 3.47. The summed E-state index contributed by atoms with van der Waals surface area (Å²) in [5, 5.41) is 0. The highest BCUT2D eigenvalue weighted by Gasteiger charge is 2.32. The quantitative estimate of drug-likeness (QED) is 0.793. The van der Waals surface area contributed by atoms with E-state index in [0.29, 0.717) is 12.1 Å². The first-order valence-corrected chi connectivity index (χ1v) is 4.14. The molecular weight excluding hydrogens is 236 g/mol. The molecule has 0 aliphatic carbocycles. The van der Waals surface area contributed by atoms with Gasteiger partial charge in [0.2, 0.25) is 0 Å². The van der Waals surface area contributed by atoms with Crippen LogP contribution in [-0.2, 0) is 6.18 Å². The van der Waals surface area contributed by atoms with E-state index < -0.39 is 35.6 Å². The van der Waals surface area contributed by atoms with Crippen LogP contribution in [0.2, 0.25) is 0 Å². The lowest BCUT2D eigenvalue weighted by Gasteiger charge is -2.13. The normalized spacial score (nSPS) is 14.2. The molecule has 90 valence electrons. The molecule has 1 rings (SSSR count). The fourth-order valence-electron chi connectivity index (χ4n) is 1.11. The minimum atomic E-state index is -4.71. The Labute approximate surface area is 86.9 Å². The van der Waals surface area contributed by atoms with E-state index in [0.717, 1.165) is 0 Å². The molecule has 0 aromatic heterocycles. The van der Waals surface area contributed by atoms with Crippen molar-refractivity contribution in [3.05, 3.63) is 35.1 Å². The Morgan fingerprint density at radius 3 is 2.06 bits per heavy atom. The van der Waals surface area contributed by atoms with Crippen LogP contribution in [0.15, 0.2) is 18.2 Å². The average molecular weight is 243 g/mol. The number of halogens is 6. The van der Waals surface area contributed by atoms with Crippen LogP contribution in [-0.4, -0.2) is 6.43 Å². The Balaban J connectivity index is 3.10. The lowest BCUT2D eigenvalue weighted by atomic mass is 10.0. The number of rotatable bonds is 2. The van der Waals surface area contributed by atoms with Crippen LogP contribution in [0.3, 0.4) is 0 Å². The van der Waals surface area contributed by atoms with Gasteiger partial charge in [0.25, 0.3) is 6.43 Å². The molecule has 0 saturated carbocycles. The minimum Gasteiger partial charge on any atom is -0.319 e. The van der Waals surface area contributed by atoms with Gasteiger partial charge < -0.3 is 5.73 Å². The summed E-state index contributed by atoms with van der Waals surface area (Å²) in [4.78, 5) is 0. The van der Waals surface area contributed by atoms with Crippen LogP contribution in [0.4, 0.5) is 26.3 Å². The fourth-order valence-corrected chi connectivity index (χ4v) is 1.11. The number of hydrogen-bond donors (Lipinski definition) is 1. The van der Waals surface area contributed by atoms with Crippen molar-refractivity contribution < 1.29 is 26.3 Å². The summed E-state index contributed by atoms with van der Waals surface area (Å²) >= 11 is 0. The Morgan fingerprint density at radius 1 is 1.12 bits per heavy atom. The molecule has 7 heteroatoms. The molecule has 16 heavy (non-hydrogen) atoms. The van der Waals surface area contributed by atoms with Crippen molar-refractivity contribution in [3.8, 4) is 0 Å². The molecule has 1 aromatic carbocycles. The predicted octanol–water partition coefficient (Wildman–Crippen LogP) is 3.11. The monoisotopic (exact) mass is 243 g/mol.